The van der Waals surface area contributed by atoms with Gasteiger partial charge in [-0.3, -0.25) is 9.59 Å². The molecule has 1 aliphatic carbocycles. The normalized spacial score (nSPS) is 15.6. The number of benzene rings is 1. The van der Waals surface area contributed by atoms with Crippen LogP contribution in [-0.4, -0.2) is 18.7 Å². The van der Waals surface area contributed by atoms with Crippen LogP contribution in [0, 0.1) is 0 Å². The minimum atomic E-state index is -0.0644. The molecule has 0 fully saturated rings. The number of carbonyl (C=O) groups is 2. The van der Waals surface area contributed by atoms with Crippen molar-refractivity contribution in [2.75, 3.05) is 7.11 Å². The summed E-state index contributed by atoms with van der Waals surface area (Å²) in [6, 6.07) is 7.51. The Morgan fingerprint density at radius 2 is 1.68 bits per heavy atom. The number of carbonyl (C=O) groups excluding carboxylic acids is 2. The predicted octanol–water partition coefficient (Wildman–Crippen LogP) is 2.65. The molecule has 1 aromatic carbocycles. The molecule has 1 aliphatic rings. The predicted molar refractivity (Wildman–Crippen MR) is 73.2 cm³/mol. The van der Waals surface area contributed by atoms with Crippen molar-refractivity contribution in [1.29, 1.82) is 0 Å². The third-order valence-electron chi connectivity index (χ3n) is 3.34. The maximum absolute atomic E-state index is 12.0. The van der Waals surface area contributed by atoms with E-state index in [-0.39, 0.29) is 11.6 Å². The lowest BCUT2D eigenvalue weighted by molar-refractivity contribution is -0.115. The molecule has 19 heavy (non-hydrogen) atoms. The standard InChI is InChI=1S/C16H16O3/c1-10-8-15(17)14(11(2)16(10)18)9-12-4-6-13(19-3)7-5-12/h4-8H,9H2,1-3H3. The van der Waals surface area contributed by atoms with Crippen molar-refractivity contribution in [3.05, 3.63) is 52.6 Å². The summed E-state index contributed by atoms with van der Waals surface area (Å²) in [6.45, 7) is 3.39. The second-order valence-corrected chi connectivity index (χ2v) is 4.65. The van der Waals surface area contributed by atoms with E-state index in [9.17, 15) is 9.59 Å². The Labute approximate surface area is 112 Å². The van der Waals surface area contributed by atoms with Crippen LogP contribution in [0.25, 0.3) is 0 Å². The average molecular weight is 256 g/mol. The molecular weight excluding hydrogens is 240 g/mol. The van der Waals surface area contributed by atoms with Gasteiger partial charge in [0.2, 0.25) is 0 Å². The van der Waals surface area contributed by atoms with Crippen molar-refractivity contribution in [2.24, 2.45) is 0 Å². The molecule has 0 aromatic heterocycles. The minimum Gasteiger partial charge on any atom is -0.497 e. The SMILES string of the molecule is COc1ccc(CC2=C(C)C(=O)C(C)=CC2=O)cc1. The lowest BCUT2D eigenvalue weighted by Crippen LogP contribution is -2.18. The largest absolute Gasteiger partial charge is 0.497 e. The molecule has 0 bridgehead atoms. The van der Waals surface area contributed by atoms with Crippen molar-refractivity contribution < 1.29 is 14.3 Å². The third kappa shape index (κ3) is 2.65. The fraction of sp³-hybridized carbons (Fsp3) is 0.250. The Morgan fingerprint density at radius 1 is 1.05 bits per heavy atom. The van der Waals surface area contributed by atoms with Crippen LogP contribution in [0.2, 0.25) is 0 Å². The van der Waals surface area contributed by atoms with Gasteiger partial charge in [0.25, 0.3) is 0 Å². The van der Waals surface area contributed by atoms with E-state index in [0.29, 0.717) is 23.1 Å². The third-order valence-corrected chi connectivity index (χ3v) is 3.34. The zero-order valence-electron chi connectivity index (χ0n) is 11.3. The Balaban J connectivity index is 2.27. The summed E-state index contributed by atoms with van der Waals surface area (Å²) in [7, 11) is 1.61. The van der Waals surface area contributed by atoms with E-state index in [1.165, 1.54) is 6.08 Å². The number of methoxy groups -OCH3 is 1. The maximum atomic E-state index is 12.0. The lowest BCUT2D eigenvalue weighted by atomic mass is 9.88. The molecular formula is C16H16O3. The highest BCUT2D eigenvalue weighted by Crippen LogP contribution is 2.23. The van der Waals surface area contributed by atoms with Crippen LogP contribution in [0.4, 0.5) is 0 Å². The monoisotopic (exact) mass is 256 g/mol. The molecule has 0 unspecified atom stereocenters. The second kappa shape index (κ2) is 5.22. The van der Waals surface area contributed by atoms with E-state index >= 15 is 0 Å². The van der Waals surface area contributed by atoms with Crippen LogP contribution >= 0.6 is 0 Å². The Hall–Kier alpha value is -2.16. The summed E-state index contributed by atoms with van der Waals surface area (Å²) in [5.41, 5.74) is 2.65. The Morgan fingerprint density at radius 3 is 2.26 bits per heavy atom. The fourth-order valence-corrected chi connectivity index (χ4v) is 2.13. The van der Waals surface area contributed by atoms with E-state index in [4.69, 9.17) is 4.74 Å². The number of allylic oxidation sites excluding steroid dienone is 4. The number of hydrogen-bond acceptors (Lipinski definition) is 3. The number of ether oxygens (including phenoxy) is 1. The van der Waals surface area contributed by atoms with Crippen molar-refractivity contribution in [1.82, 2.24) is 0 Å². The lowest BCUT2D eigenvalue weighted by Gasteiger charge is -2.14. The van der Waals surface area contributed by atoms with Gasteiger partial charge in [-0.2, -0.15) is 0 Å². The number of ketones is 2. The van der Waals surface area contributed by atoms with Crippen LogP contribution in [-0.2, 0) is 16.0 Å². The summed E-state index contributed by atoms with van der Waals surface area (Å²) >= 11 is 0. The number of hydrogen-bond donors (Lipinski definition) is 0. The van der Waals surface area contributed by atoms with E-state index in [0.717, 1.165) is 11.3 Å². The quantitative estimate of drug-likeness (QED) is 0.781. The molecule has 3 nitrogen and oxygen atoms in total. The molecule has 0 amide bonds. The van der Waals surface area contributed by atoms with E-state index in [1.54, 1.807) is 21.0 Å². The molecule has 0 N–H and O–H groups in total. The smallest absolute Gasteiger partial charge is 0.184 e. The van der Waals surface area contributed by atoms with Crippen molar-refractivity contribution in [3.8, 4) is 5.75 Å². The first kappa shape index (κ1) is 13.3. The summed E-state index contributed by atoms with van der Waals surface area (Å²) in [5.74, 6) is 0.671. The van der Waals surface area contributed by atoms with Crippen LogP contribution in [0.5, 0.6) is 5.75 Å². The maximum Gasteiger partial charge on any atom is 0.184 e. The summed E-state index contributed by atoms with van der Waals surface area (Å²) < 4.78 is 5.09. The molecule has 3 heteroatoms. The van der Waals surface area contributed by atoms with Gasteiger partial charge in [0.05, 0.1) is 7.11 Å². The summed E-state index contributed by atoms with van der Waals surface area (Å²) in [6.07, 6.45) is 1.90. The Kier molecular flexibility index (Phi) is 3.65. The minimum absolute atomic E-state index is 0.0388. The van der Waals surface area contributed by atoms with Gasteiger partial charge in [0.1, 0.15) is 5.75 Å². The van der Waals surface area contributed by atoms with E-state index in [2.05, 4.69) is 0 Å². The zero-order chi connectivity index (χ0) is 14.0. The zero-order valence-corrected chi connectivity index (χ0v) is 11.3. The van der Waals surface area contributed by atoms with Gasteiger partial charge in [-0.1, -0.05) is 12.1 Å². The molecule has 0 spiro atoms. The molecule has 0 saturated carbocycles. The number of Topliss-reactive ketones (excluding diaryl/α,β-unsaturated/α-hetero) is 1. The first-order chi connectivity index (χ1) is 9.02. The highest BCUT2D eigenvalue weighted by molar-refractivity contribution is 6.22. The molecule has 0 atom stereocenters. The van der Waals surface area contributed by atoms with Gasteiger partial charge in [0, 0.05) is 23.1 Å². The molecule has 0 aliphatic heterocycles. The van der Waals surface area contributed by atoms with Gasteiger partial charge in [0.15, 0.2) is 11.6 Å². The van der Waals surface area contributed by atoms with Crippen molar-refractivity contribution in [3.63, 3.8) is 0 Å². The van der Waals surface area contributed by atoms with Crippen molar-refractivity contribution >= 4 is 11.6 Å². The molecule has 0 saturated heterocycles. The Bertz CT molecular complexity index is 589. The van der Waals surface area contributed by atoms with E-state index in [1.807, 2.05) is 24.3 Å². The average Bonchev–Trinajstić information content (AvgIpc) is 2.42. The van der Waals surface area contributed by atoms with Gasteiger partial charge >= 0.3 is 0 Å². The molecule has 2 rings (SSSR count). The molecule has 98 valence electrons. The summed E-state index contributed by atoms with van der Waals surface area (Å²) in [4.78, 5) is 23.9. The number of rotatable bonds is 3. The fourth-order valence-electron chi connectivity index (χ4n) is 2.13. The van der Waals surface area contributed by atoms with Gasteiger partial charge < -0.3 is 4.74 Å². The van der Waals surface area contributed by atoms with Crippen LogP contribution < -0.4 is 4.74 Å². The van der Waals surface area contributed by atoms with Crippen LogP contribution in [0.1, 0.15) is 19.4 Å². The summed E-state index contributed by atoms with van der Waals surface area (Å²) in [5, 5.41) is 0. The molecule has 0 heterocycles. The highest BCUT2D eigenvalue weighted by Gasteiger charge is 2.23. The molecule has 1 aromatic rings. The van der Waals surface area contributed by atoms with E-state index < -0.39 is 0 Å². The van der Waals surface area contributed by atoms with Gasteiger partial charge in [-0.25, -0.2) is 0 Å². The highest BCUT2D eigenvalue weighted by atomic mass is 16.5. The first-order valence-corrected chi connectivity index (χ1v) is 6.13. The van der Waals surface area contributed by atoms with Gasteiger partial charge in [-0.15, -0.1) is 0 Å². The van der Waals surface area contributed by atoms with Gasteiger partial charge in [-0.05, 0) is 37.6 Å². The molecule has 0 radical (unpaired) electrons. The van der Waals surface area contributed by atoms with Crippen LogP contribution in [0.15, 0.2) is 47.1 Å². The first-order valence-electron chi connectivity index (χ1n) is 6.13. The van der Waals surface area contributed by atoms with Crippen molar-refractivity contribution in [2.45, 2.75) is 20.3 Å². The topological polar surface area (TPSA) is 43.4 Å². The second-order valence-electron chi connectivity index (χ2n) is 4.65. The van der Waals surface area contributed by atoms with Crippen LogP contribution in [0.3, 0.4) is 0 Å².